The molecule has 0 spiro atoms. The van der Waals surface area contributed by atoms with Crippen molar-refractivity contribution >= 4 is 5.97 Å². The minimum atomic E-state index is -1.29. The minimum Gasteiger partial charge on any atom is -0.479 e. The van der Waals surface area contributed by atoms with Crippen LogP contribution < -0.4 is 5.56 Å². The molecule has 5 nitrogen and oxygen atoms in total. The van der Waals surface area contributed by atoms with Crippen LogP contribution in [0.25, 0.3) is 0 Å². The Morgan fingerprint density at radius 1 is 1.62 bits per heavy atom. The highest BCUT2D eigenvalue weighted by molar-refractivity contribution is 5.76. The molecule has 0 saturated carbocycles. The number of hydrogen-bond donors (Lipinski definition) is 1. The third-order valence-electron chi connectivity index (χ3n) is 2.45. The van der Waals surface area contributed by atoms with E-state index in [9.17, 15) is 14.7 Å². The lowest BCUT2D eigenvalue weighted by Crippen LogP contribution is -2.47. The predicted octanol–water partition coefficient (Wildman–Crippen LogP) is 1.09. The molecule has 1 N–H and O–H groups in total. The van der Waals surface area contributed by atoms with Crippen LogP contribution in [0.1, 0.15) is 27.2 Å². The van der Waals surface area contributed by atoms with E-state index in [1.165, 1.54) is 25.3 Å². The van der Waals surface area contributed by atoms with Crippen LogP contribution in [0, 0.1) is 5.92 Å². The number of rotatable bonds is 4. The van der Waals surface area contributed by atoms with Crippen LogP contribution in [0.3, 0.4) is 0 Å². The molecule has 0 amide bonds. The fourth-order valence-electron chi connectivity index (χ4n) is 1.79. The van der Waals surface area contributed by atoms with Crippen molar-refractivity contribution in [1.82, 2.24) is 9.78 Å². The molecule has 0 radical (unpaired) electrons. The standard InChI is InChI=1S/C11H16N2O3/c1-8(2)7-11(3,10(15)16)13-9(14)5-4-6-12-13/h4-6,8H,7H2,1-3H3,(H,15,16). The maximum Gasteiger partial charge on any atom is 0.331 e. The monoisotopic (exact) mass is 224 g/mol. The van der Waals surface area contributed by atoms with Crippen molar-refractivity contribution < 1.29 is 9.90 Å². The van der Waals surface area contributed by atoms with Crippen LogP contribution in [-0.4, -0.2) is 20.9 Å². The van der Waals surface area contributed by atoms with E-state index < -0.39 is 17.1 Å². The van der Waals surface area contributed by atoms with Gasteiger partial charge >= 0.3 is 5.97 Å². The summed E-state index contributed by atoms with van der Waals surface area (Å²) in [5.41, 5.74) is -1.68. The molecule has 0 aliphatic rings. The molecule has 0 saturated heterocycles. The molecule has 1 aromatic heterocycles. The largest absolute Gasteiger partial charge is 0.479 e. The Balaban J connectivity index is 3.28. The topological polar surface area (TPSA) is 72.2 Å². The Morgan fingerprint density at radius 3 is 2.69 bits per heavy atom. The van der Waals surface area contributed by atoms with E-state index >= 15 is 0 Å². The van der Waals surface area contributed by atoms with Crippen molar-refractivity contribution in [3.63, 3.8) is 0 Å². The smallest absolute Gasteiger partial charge is 0.331 e. The van der Waals surface area contributed by atoms with Crippen LogP contribution in [0.15, 0.2) is 23.1 Å². The van der Waals surface area contributed by atoms with E-state index in [-0.39, 0.29) is 5.92 Å². The van der Waals surface area contributed by atoms with E-state index in [1.807, 2.05) is 13.8 Å². The highest BCUT2D eigenvalue weighted by Crippen LogP contribution is 2.22. The maximum atomic E-state index is 11.6. The van der Waals surface area contributed by atoms with Crippen LogP contribution in [0.4, 0.5) is 0 Å². The first-order valence-corrected chi connectivity index (χ1v) is 5.16. The summed E-state index contributed by atoms with van der Waals surface area (Å²) in [6.07, 6.45) is 1.78. The number of aromatic nitrogens is 2. The maximum absolute atomic E-state index is 11.6. The highest BCUT2D eigenvalue weighted by atomic mass is 16.4. The molecule has 1 heterocycles. The first kappa shape index (κ1) is 12.4. The van der Waals surface area contributed by atoms with E-state index in [0.29, 0.717) is 6.42 Å². The summed E-state index contributed by atoms with van der Waals surface area (Å²) >= 11 is 0. The number of carboxylic acids is 1. The van der Waals surface area contributed by atoms with Gasteiger partial charge in [0.15, 0.2) is 5.54 Å². The SMILES string of the molecule is CC(C)CC(C)(C(=O)O)n1ncccc1=O. The van der Waals surface area contributed by atoms with Gasteiger partial charge in [0.1, 0.15) is 0 Å². The van der Waals surface area contributed by atoms with Gasteiger partial charge in [-0.15, -0.1) is 0 Å². The Bertz CT molecular complexity index is 439. The van der Waals surface area contributed by atoms with Crippen LogP contribution in [0.2, 0.25) is 0 Å². The van der Waals surface area contributed by atoms with Gasteiger partial charge in [-0.25, -0.2) is 9.48 Å². The Labute approximate surface area is 93.7 Å². The second-order valence-electron chi connectivity index (χ2n) is 4.45. The summed E-state index contributed by atoms with van der Waals surface area (Å²) in [5.74, 6) is -0.878. The van der Waals surface area contributed by atoms with Gasteiger partial charge in [0.2, 0.25) is 0 Å². The second-order valence-corrected chi connectivity index (χ2v) is 4.45. The molecule has 0 aliphatic heterocycles. The Kier molecular flexibility index (Phi) is 3.47. The van der Waals surface area contributed by atoms with Gasteiger partial charge in [-0.3, -0.25) is 4.79 Å². The minimum absolute atomic E-state index is 0.162. The molecule has 1 rings (SSSR count). The lowest BCUT2D eigenvalue weighted by atomic mass is 9.91. The van der Waals surface area contributed by atoms with Gasteiger partial charge in [0, 0.05) is 12.3 Å². The fourth-order valence-corrected chi connectivity index (χ4v) is 1.79. The third kappa shape index (κ3) is 2.29. The molecule has 1 aromatic rings. The molecule has 0 aromatic carbocycles. The van der Waals surface area contributed by atoms with Crippen molar-refractivity contribution in [2.24, 2.45) is 5.92 Å². The summed E-state index contributed by atoms with van der Waals surface area (Å²) in [6.45, 7) is 5.34. The molecule has 1 unspecified atom stereocenters. The zero-order chi connectivity index (χ0) is 12.3. The van der Waals surface area contributed by atoms with Gasteiger partial charge in [0.25, 0.3) is 5.56 Å². The zero-order valence-corrected chi connectivity index (χ0v) is 9.67. The quantitative estimate of drug-likeness (QED) is 0.830. The second kappa shape index (κ2) is 4.47. The molecule has 0 bridgehead atoms. The van der Waals surface area contributed by atoms with Gasteiger partial charge < -0.3 is 5.11 Å². The van der Waals surface area contributed by atoms with Gasteiger partial charge in [-0.2, -0.15) is 5.10 Å². The van der Waals surface area contributed by atoms with Crippen molar-refractivity contribution in [2.75, 3.05) is 0 Å². The van der Waals surface area contributed by atoms with E-state index in [0.717, 1.165) is 4.68 Å². The molecule has 5 heteroatoms. The van der Waals surface area contributed by atoms with Crippen LogP contribution in [0.5, 0.6) is 0 Å². The van der Waals surface area contributed by atoms with Gasteiger partial charge in [-0.05, 0) is 25.3 Å². The highest BCUT2D eigenvalue weighted by Gasteiger charge is 2.37. The van der Waals surface area contributed by atoms with Crippen molar-refractivity contribution in [3.05, 3.63) is 28.7 Å². The van der Waals surface area contributed by atoms with Crippen LogP contribution in [-0.2, 0) is 10.3 Å². The molecular formula is C11H16N2O3. The summed E-state index contributed by atoms with van der Waals surface area (Å²) in [4.78, 5) is 22.9. The number of carbonyl (C=O) groups is 1. The van der Waals surface area contributed by atoms with E-state index in [1.54, 1.807) is 0 Å². The van der Waals surface area contributed by atoms with Crippen molar-refractivity contribution in [2.45, 2.75) is 32.7 Å². The predicted molar refractivity (Wildman–Crippen MR) is 59.2 cm³/mol. The number of nitrogens with zero attached hydrogens (tertiary/aromatic N) is 2. The van der Waals surface area contributed by atoms with Crippen molar-refractivity contribution in [1.29, 1.82) is 0 Å². The van der Waals surface area contributed by atoms with Crippen LogP contribution >= 0.6 is 0 Å². The lowest BCUT2D eigenvalue weighted by molar-refractivity contribution is -0.148. The third-order valence-corrected chi connectivity index (χ3v) is 2.45. The zero-order valence-electron chi connectivity index (χ0n) is 9.67. The molecule has 0 aliphatic carbocycles. The number of hydrogen-bond acceptors (Lipinski definition) is 3. The first-order chi connectivity index (χ1) is 7.38. The van der Waals surface area contributed by atoms with Crippen molar-refractivity contribution in [3.8, 4) is 0 Å². The van der Waals surface area contributed by atoms with Gasteiger partial charge in [0.05, 0.1) is 0 Å². The molecule has 88 valence electrons. The Morgan fingerprint density at radius 2 is 2.25 bits per heavy atom. The number of aliphatic carboxylic acids is 1. The fraction of sp³-hybridized carbons (Fsp3) is 0.545. The molecule has 16 heavy (non-hydrogen) atoms. The Hall–Kier alpha value is -1.65. The average molecular weight is 224 g/mol. The van der Waals surface area contributed by atoms with Gasteiger partial charge in [-0.1, -0.05) is 13.8 Å². The number of carboxylic acid groups (broad SMARTS) is 1. The molecule has 1 atom stereocenters. The molecular weight excluding hydrogens is 208 g/mol. The molecule has 0 fully saturated rings. The lowest BCUT2D eigenvalue weighted by Gasteiger charge is -2.27. The normalized spacial score (nSPS) is 14.8. The summed E-state index contributed by atoms with van der Waals surface area (Å²) < 4.78 is 1.04. The summed E-state index contributed by atoms with van der Waals surface area (Å²) in [7, 11) is 0. The first-order valence-electron chi connectivity index (χ1n) is 5.16. The summed E-state index contributed by atoms with van der Waals surface area (Å²) in [6, 6.07) is 2.81. The average Bonchev–Trinajstić information content (AvgIpc) is 2.16. The van der Waals surface area contributed by atoms with E-state index in [2.05, 4.69) is 5.10 Å². The summed E-state index contributed by atoms with van der Waals surface area (Å²) in [5, 5.41) is 13.1. The van der Waals surface area contributed by atoms with E-state index in [4.69, 9.17) is 0 Å².